The number of benzene rings is 1. The Bertz CT molecular complexity index is 623. The lowest BCUT2D eigenvalue weighted by atomic mass is 9.53. The van der Waals surface area contributed by atoms with E-state index in [0.717, 1.165) is 24.3 Å². The fourth-order valence-corrected chi connectivity index (χ4v) is 6.67. The summed E-state index contributed by atoms with van der Waals surface area (Å²) in [5.74, 6) is 3.88. The summed E-state index contributed by atoms with van der Waals surface area (Å²) in [4.78, 5) is 0. The van der Waals surface area contributed by atoms with Gasteiger partial charge in [-0.05, 0) is 79.7 Å². The third-order valence-corrected chi connectivity index (χ3v) is 7.60. The summed E-state index contributed by atoms with van der Waals surface area (Å²) in [7, 11) is 3.51. The van der Waals surface area contributed by atoms with E-state index in [4.69, 9.17) is 9.47 Å². The van der Waals surface area contributed by atoms with Crippen LogP contribution in [0.3, 0.4) is 0 Å². The standard InChI is InChI=1S/C22H32O3/c1-4-10-22-11-9-17-16(18(22)7-8-20(22)23)6-5-14-12-15(24-2)13-19(25-3)21(14)17/h12-13,16-18,20,23H,4-11H2,1-3H3/t16-,17-,18-,20-,22-/m0/s1. The Morgan fingerprint density at radius 2 is 1.96 bits per heavy atom. The van der Waals surface area contributed by atoms with E-state index in [0.29, 0.717) is 17.8 Å². The van der Waals surface area contributed by atoms with Crippen molar-refractivity contribution >= 4 is 0 Å². The molecule has 4 rings (SSSR count). The van der Waals surface area contributed by atoms with Crippen molar-refractivity contribution in [2.75, 3.05) is 14.2 Å². The first-order valence-electron chi connectivity index (χ1n) is 10.1. The molecule has 1 N–H and O–H groups in total. The molecule has 3 heteroatoms. The summed E-state index contributed by atoms with van der Waals surface area (Å²) in [6.07, 6.45) is 9.21. The van der Waals surface area contributed by atoms with Crippen molar-refractivity contribution in [3.05, 3.63) is 23.3 Å². The normalized spacial score (nSPS) is 36.3. The zero-order valence-corrected chi connectivity index (χ0v) is 15.9. The number of hydrogen-bond acceptors (Lipinski definition) is 3. The smallest absolute Gasteiger partial charge is 0.126 e. The minimum atomic E-state index is -0.0856. The quantitative estimate of drug-likeness (QED) is 0.860. The summed E-state index contributed by atoms with van der Waals surface area (Å²) in [5, 5.41) is 10.8. The van der Waals surface area contributed by atoms with Crippen molar-refractivity contribution in [3.63, 3.8) is 0 Å². The van der Waals surface area contributed by atoms with Crippen LogP contribution in [0, 0.1) is 17.3 Å². The minimum absolute atomic E-state index is 0.0856. The van der Waals surface area contributed by atoms with Gasteiger partial charge in [-0.3, -0.25) is 0 Å². The first kappa shape index (κ1) is 17.2. The van der Waals surface area contributed by atoms with Gasteiger partial charge in [0.05, 0.1) is 20.3 Å². The first-order chi connectivity index (χ1) is 12.1. The molecule has 1 aromatic rings. The summed E-state index contributed by atoms with van der Waals surface area (Å²) in [6.45, 7) is 2.27. The number of aliphatic hydroxyl groups is 1. The monoisotopic (exact) mass is 344 g/mol. The summed E-state index contributed by atoms with van der Waals surface area (Å²) in [6, 6.07) is 4.27. The first-order valence-corrected chi connectivity index (χ1v) is 10.1. The van der Waals surface area contributed by atoms with E-state index in [9.17, 15) is 5.11 Å². The van der Waals surface area contributed by atoms with Crippen LogP contribution in [0.1, 0.15) is 68.9 Å². The molecule has 0 saturated heterocycles. The van der Waals surface area contributed by atoms with Crippen LogP contribution in [0.15, 0.2) is 12.1 Å². The molecule has 3 aliphatic rings. The molecule has 25 heavy (non-hydrogen) atoms. The van der Waals surface area contributed by atoms with Crippen molar-refractivity contribution in [3.8, 4) is 11.5 Å². The fraction of sp³-hybridized carbons (Fsp3) is 0.727. The van der Waals surface area contributed by atoms with Gasteiger partial charge in [0.15, 0.2) is 0 Å². The molecule has 138 valence electrons. The van der Waals surface area contributed by atoms with Crippen LogP contribution in [0.4, 0.5) is 0 Å². The Kier molecular flexibility index (Phi) is 4.47. The maximum Gasteiger partial charge on any atom is 0.126 e. The molecule has 0 radical (unpaired) electrons. The number of hydrogen-bond donors (Lipinski definition) is 1. The largest absolute Gasteiger partial charge is 0.497 e. The highest BCUT2D eigenvalue weighted by Crippen LogP contribution is 2.63. The minimum Gasteiger partial charge on any atom is -0.497 e. The molecule has 0 aromatic heterocycles. The van der Waals surface area contributed by atoms with Crippen molar-refractivity contribution in [2.24, 2.45) is 17.3 Å². The molecule has 0 amide bonds. The number of aliphatic hydroxyl groups excluding tert-OH is 1. The van der Waals surface area contributed by atoms with Gasteiger partial charge in [-0.25, -0.2) is 0 Å². The highest BCUT2D eigenvalue weighted by Gasteiger charge is 2.56. The maximum atomic E-state index is 10.8. The molecular weight excluding hydrogens is 312 g/mol. The molecule has 5 atom stereocenters. The molecule has 0 bridgehead atoms. The fourth-order valence-electron chi connectivity index (χ4n) is 6.67. The van der Waals surface area contributed by atoms with Crippen molar-refractivity contribution in [1.82, 2.24) is 0 Å². The molecule has 0 unspecified atom stereocenters. The molecule has 0 aliphatic heterocycles. The second-order valence-electron chi connectivity index (χ2n) is 8.43. The molecule has 2 fully saturated rings. The molecular formula is C22H32O3. The van der Waals surface area contributed by atoms with Gasteiger partial charge in [0.25, 0.3) is 0 Å². The lowest BCUT2D eigenvalue weighted by molar-refractivity contribution is -0.0434. The van der Waals surface area contributed by atoms with Crippen LogP contribution in [-0.4, -0.2) is 25.4 Å². The summed E-state index contributed by atoms with van der Waals surface area (Å²) in [5.41, 5.74) is 3.04. The number of rotatable bonds is 4. The molecule has 0 heterocycles. The van der Waals surface area contributed by atoms with E-state index in [1.54, 1.807) is 14.2 Å². The Hall–Kier alpha value is -1.22. The van der Waals surface area contributed by atoms with Crippen LogP contribution in [0.2, 0.25) is 0 Å². The maximum absolute atomic E-state index is 10.8. The van der Waals surface area contributed by atoms with Crippen LogP contribution in [-0.2, 0) is 6.42 Å². The zero-order valence-electron chi connectivity index (χ0n) is 15.9. The molecule has 0 spiro atoms. The van der Waals surface area contributed by atoms with E-state index in [2.05, 4.69) is 19.1 Å². The Balaban J connectivity index is 1.73. The van der Waals surface area contributed by atoms with Crippen LogP contribution >= 0.6 is 0 Å². The molecule has 2 saturated carbocycles. The number of fused-ring (bicyclic) bond motifs is 5. The highest BCUT2D eigenvalue weighted by atomic mass is 16.5. The van der Waals surface area contributed by atoms with E-state index in [1.807, 2.05) is 0 Å². The van der Waals surface area contributed by atoms with Crippen molar-refractivity contribution in [1.29, 1.82) is 0 Å². The SMILES string of the molecule is CCC[C@]12CC[C@@H]3c4c(cc(OC)cc4OC)CC[C@@H]3[C@@H]1CC[C@@H]2O. The van der Waals surface area contributed by atoms with Gasteiger partial charge >= 0.3 is 0 Å². The van der Waals surface area contributed by atoms with Crippen molar-refractivity contribution in [2.45, 2.75) is 70.3 Å². The molecule has 1 aromatic carbocycles. The average Bonchev–Trinajstić information content (AvgIpc) is 2.97. The zero-order chi connectivity index (χ0) is 17.6. The number of aryl methyl sites for hydroxylation is 1. The predicted molar refractivity (Wildman–Crippen MR) is 99.4 cm³/mol. The van der Waals surface area contributed by atoms with Gasteiger partial charge in [0, 0.05) is 11.6 Å². The van der Waals surface area contributed by atoms with Crippen LogP contribution in [0.5, 0.6) is 11.5 Å². The van der Waals surface area contributed by atoms with Gasteiger partial charge in [-0.2, -0.15) is 0 Å². The lowest BCUT2D eigenvalue weighted by Crippen LogP contribution is -2.45. The third kappa shape index (κ3) is 2.50. The van der Waals surface area contributed by atoms with E-state index >= 15 is 0 Å². The average molecular weight is 344 g/mol. The lowest BCUT2D eigenvalue weighted by Gasteiger charge is -2.52. The highest BCUT2D eigenvalue weighted by molar-refractivity contribution is 5.50. The summed E-state index contributed by atoms with van der Waals surface area (Å²) < 4.78 is 11.3. The van der Waals surface area contributed by atoms with E-state index in [-0.39, 0.29) is 11.5 Å². The van der Waals surface area contributed by atoms with Gasteiger partial charge in [0.2, 0.25) is 0 Å². The Morgan fingerprint density at radius 3 is 2.68 bits per heavy atom. The van der Waals surface area contributed by atoms with Crippen LogP contribution in [0.25, 0.3) is 0 Å². The van der Waals surface area contributed by atoms with Gasteiger partial charge in [-0.15, -0.1) is 0 Å². The van der Waals surface area contributed by atoms with Gasteiger partial charge < -0.3 is 14.6 Å². The third-order valence-electron chi connectivity index (χ3n) is 7.60. The van der Waals surface area contributed by atoms with Gasteiger partial charge in [-0.1, -0.05) is 13.3 Å². The molecule has 3 nitrogen and oxygen atoms in total. The van der Waals surface area contributed by atoms with Crippen molar-refractivity contribution < 1.29 is 14.6 Å². The Morgan fingerprint density at radius 1 is 1.12 bits per heavy atom. The van der Waals surface area contributed by atoms with E-state index in [1.165, 1.54) is 49.7 Å². The Labute approximate surface area is 151 Å². The van der Waals surface area contributed by atoms with Gasteiger partial charge in [0.1, 0.15) is 11.5 Å². The molecule has 3 aliphatic carbocycles. The summed E-state index contributed by atoms with van der Waals surface area (Å²) >= 11 is 0. The van der Waals surface area contributed by atoms with Crippen LogP contribution < -0.4 is 9.47 Å². The number of ether oxygens (including phenoxy) is 2. The number of methoxy groups -OCH3 is 2. The van der Waals surface area contributed by atoms with E-state index < -0.39 is 0 Å². The second kappa shape index (κ2) is 6.50. The second-order valence-corrected chi connectivity index (χ2v) is 8.43. The topological polar surface area (TPSA) is 38.7 Å². The predicted octanol–water partition coefficient (Wildman–Crippen LogP) is 4.70.